The minimum Gasteiger partial charge on any atom is -0.270 e. The lowest BCUT2D eigenvalue weighted by molar-refractivity contribution is 0.307. The standard InChI is InChI=1S/C22H44O3S2/c1-4-7-17-22(6-3)21-26-19-16-14-12-10-8-9-11-13-15-18-25-27(23,24)20-5-2/h5,22H,2,4,6-21H2,1,3H3. The number of thioether (sulfide) groups is 1. The van der Waals surface area contributed by atoms with E-state index in [-0.39, 0.29) is 5.75 Å². The summed E-state index contributed by atoms with van der Waals surface area (Å²) < 4.78 is 27.6. The van der Waals surface area contributed by atoms with E-state index in [2.05, 4.69) is 32.2 Å². The van der Waals surface area contributed by atoms with Crippen molar-refractivity contribution in [3.63, 3.8) is 0 Å². The Morgan fingerprint density at radius 3 is 2.07 bits per heavy atom. The first-order chi connectivity index (χ1) is 13.1. The molecule has 0 saturated heterocycles. The van der Waals surface area contributed by atoms with Crippen LogP contribution < -0.4 is 0 Å². The van der Waals surface area contributed by atoms with Gasteiger partial charge < -0.3 is 0 Å². The van der Waals surface area contributed by atoms with Crippen molar-refractivity contribution in [3.05, 3.63) is 12.7 Å². The summed E-state index contributed by atoms with van der Waals surface area (Å²) in [5.41, 5.74) is 0. The van der Waals surface area contributed by atoms with Gasteiger partial charge in [-0.15, -0.1) is 6.58 Å². The first kappa shape index (κ1) is 27.0. The molecule has 0 rings (SSSR count). The van der Waals surface area contributed by atoms with Crippen LogP contribution in [0.1, 0.15) is 97.3 Å². The summed E-state index contributed by atoms with van der Waals surface area (Å²) in [6.07, 6.45) is 17.9. The van der Waals surface area contributed by atoms with Crippen molar-refractivity contribution in [3.8, 4) is 0 Å². The topological polar surface area (TPSA) is 43.4 Å². The van der Waals surface area contributed by atoms with Crippen molar-refractivity contribution < 1.29 is 12.6 Å². The Morgan fingerprint density at radius 1 is 0.926 bits per heavy atom. The predicted molar refractivity (Wildman–Crippen MR) is 122 cm³/mol. The van der Waals surface area contributed by atoms with E-state index in [1.165, 1.54) is 88.2 Å². The van der Waals surface area contributed by atoms with E-state index in [1.807, 2.05) is 0 Å². The molecular formula is C22H44O3S2. The van der Waals surface area contributed by atoms with Crippen molar-refractivity contribution in [1.29, 1.82) is 0 Å². The average Bonchev–Trinajstić information content (AvgIpc) is 2.64. The largest absolute Gasteiger partial charge is 0.270 e. The highest BCUT2D eigenvalue weighted by Crippen LogP contribution is 2.20. The third kappa shape index (κ3) is 19.1. The number of unbranched alkanes of at least 4 members (excludes halogenated alkanes) is 9. The Kier molecular flexibility index (Phi) is 19.3. The van der Waals surface area contributed by atoms with E-state index in [9.17, 15) is 8.42 Å². The van der Waals surface area contributed by atoms with Gasteiger partial charge in [0, 0.05) is 0 Å². The molecule has 0 fully saturated rings. The Labute approximate surface area is 174 Å². The summed E-state index contributed by atoms with van der Waals surface area (Å²) in [7, 11) is -3.38. The Bertz CT molecular complexity index is 421. The number of rotatable bonds is 21. The molecule has 0 aliphatic rings. The Balaban J connectivity index is 3.28. The highest BCUT2D eigenvalue weighted by Gasteiger charge is 2.07. The van der Waals surface area contributed by atoms with E-state index >= 15 is 0 Å². The summed E-state index contributed by atoms with van der Waals surface area (Å²) in [5.74, 6) is 3.53. The lowest BCUT2D eigenvalue weighted by atomic mass is 10.0. The molecule has 0 aliphatic carbocycles. The van der Waals surface area contributed by atoms with Gasteiger partial charge in [0.1, 0.15) is 0 Å². The zero-order valence-electron chi connectivity index (χ0n) is 17.9. The fraction of sp³-hybridized carbons (Fsp3) is 0.909. The smallest absolute Gasteiger partial charge is 0.270 e. The summed E-state index contributed by atoms with van der Waals surface area (Å²) in [6.45, 7) is 8.35. The summed E-state index contributed by atoms with van der Waals surface area (Å²) in [5, 5.41) is 0. The second kappa shape index (κ2) is 19.3. The van der Waals surface area contributed by atoms with Crippen LogP contribution in [0.15, 0.2) is 12.7 Å². The molecule has 162 valence electrons. The van der Waals surface area contributed by atoms with Crippen LogP contribution in [-0.2, 0) is 14.3 Å². The van der Waals surface area contributed by atoms with Crippen LogP contribution in [0.2, 0.25) is 0 Å². The molecule has 0 aliphatic heterocycles. The zero-order valence-corrected chi connectivity index (χ0v) is 19.6. The monoisotopic (exact) mass is 420 g/mol. The molecule has 3 nitrogen and oxygen atoms in total. The summed E-state index contributed by atoms with van der Waals surface area (Å²) in [6, 6.07) is 0. The van der Waals surface area contributed by atoms with Crippen LogP contribution in [0.4, 0.5) is 0 Å². The Morgan fingerprint density at radius 2 is 1.52 bits per heavy atom. The van der Waals surface area contributed by atoms with Gasteiger partial charge in [-0.1, -0.05) is 84.1 Å². The average molecular weight is 421 g/mol. The second-order valence-corrected chi connectivity index (χ2v) is 10.3. The van der Waals surface area contributed by atoms with Crippen LogP contribution in [0, 0.1) is 5.92 Å². The zero-order chi connectivity index (χ0) is 20.2. The van der Waals surface area contributed by atoms with E-state index in [0.717, 1.165) is 18.8 Å². The van der Waals surface area contributed by atoms with Crippen LogP contribution in [0.5, 0.6) is 0 Å². The molecule has 0 N–H and O–H groups in total. The van der Waals surface area contributed by atoms with Gasteiger partial charge in [-0.05, 0) is 36.7 Å². The molecular weight excluding hydrogens is 376 g/mol. The van der Waals surface area contributed by atoms with E-state index in [0.29, 0.717) is 6.61 Å². The first-order valence-corrected chi connectivity index (χ1v) is 13.8. The third-order valence-corrected chi connectivity index (χ3v) is 7.37. The van der Waals surface area contributed by atoms with Gasteiger partial charge in [0.15, 0.2) is 0 Å². The molecule has 0 heterocycles. The molecule has 0 bridgehead atoms. The van der Waals surface area contributed by atoms with Gasteiger partial charge in [0.2, 0.25) is 0 Å². The molecule has 1 atom stereocenters. The third-order valence-electron chi connectivity index (χ3n) is 4.91. The summed E-state index contributed by atoms with van der Waals surface area (Å²) >= 11 is 2.16. The molecule has 0 aromatic rings. The van der Waals surface area contributed by atoms with Gasteiger partial charge in [-0.25, -0.2) is 0 Å². The quantitative estimate of drug-likeness (QED) is 0.114. The van der Waals surface area contributed by atoms with Gasteiger partial charge in [0.05, 0.1) is 12.4 Å². The molecule has 0 aromatic heterocycles. The van der Waals surface area contributed by atoms with Crippen molar-refractivity contribution in [2.75, 3.05) is 23.9 Å². The number of hydrogen-bond donors (Lipinski definition) is 0. The summed E-state index contributed by atoms with van der Waals surface area (Å²) in [4.78, 5) is 0. The highest BCUT2D eigenvalue weighted by atomic mass is 32.2. The first-order valence-electron chi connectivity index (χ1n) is 11.1. The van der Waals surface area contributed by atoms with Crippen LogP contribution in [0.25, 0.3) is 0 Å². The Hall–Kier alpha value is -0.0000000000000000555. The van der Waals surface area contributed by atoms with Crippen LogP contribution >= 0.6 is 11.8 Å². The molecule has 5 heteroatoms. The molecule has 0 amide bonds. The van der Waals surface area contributed by atoms with E-state index in [1.54, 1.807) is 0 Å². The fourth-order valence-corrected chi connectivity index (χ4v) is 5.14. The molecule has 0 spiro atoms. The SMILES string of the molecule is C=CCS(=O)(=O)OCCCCCCCCCCCSCC(CC)CCCC. The van der Waals surface area contributed by atoms with E-state index < -0.39 is 10.1 Å². The van der Waals surface area contributed by atoms with Crippen molar-refractivity contribution >= 4 is 21.9 Å². The van der Waals surface area contributed by atoms with Gasteiger partial charge in [0.25, 0.3) is 10.1 Å². The highest BCUT2D eigenvalue weighted by molar-refractivity contribution is 7.99. The maximum atomic E-state index is 11.3. The van der Waals surface area contributed by atoms with Crippen molar-refractivity contribution in [2.45, 2.75) is 97.3 Å². The van der Waals surface area contributed by atoms with Gasteiger partial charge in [-0.3, -0.25) is 4.18 Å². The normalized spacial score (nSPS) is 13.0. The molecule has 1 unspecified atom stereocenters. The maximum Gasteiger partial charge on any atom is 0.270 e. The molecule has 27 heavy (non-hydrogen) atoms. The number of hydrogen-bond acceptors (Lipinski definition) is 4. The molecule has 0 radical (unpaired) electrons. The molecule has 0 aromatic carbocycles. The van der Waals surface area contributed by atoms with Crippen LogP contribution in [0.3, 0.4) is 0 Å². The van der Waals surface area contributed by atoms with Crippen molar-refractivity contribution in [2.24, 2.45) is 5.92 Å². The predicted octanol–water partition coefficient (Wildman–Crippen LogP) is 6.98. The van der Waals surface area contributed by atoms with Crippen molar-refractivity contribution in [1.82, 2.24) is 0 Å². The van der Waals surface area contributed by atoms with Gasteiger partial charge >= 0.3 is 0 Å². The van der Waals surface area contributed by atoms with E-state index in [4.69, 9.17) is 4.18 Å². The maximum absolute atomic E-state index is 11.3. The minimum atomic E-state index is -3.38. The van der Waals surface area contributed by atoms with Crippen LogP contribution in [-0.4, -0.2) is 32.3 Å². The molecule has 0 saturated carbocycles. The minimum absolute atomic E-state index is 0.0937. The second-order valence-electron chi connectivity index (χ2n) is 7.51. The lowest BCUT2D eigenvalue weighted by Crippen LogP contribution is -2.09. The van der Waals surface area contributed by atoms with Gasteiger partial charge in [-0.2, -0.15) is 20.2 Å². The fourth-order valence-electron chi connectivity index (χ4n) is 3.07. The lowest BCUT2D eigenvalue weighted by Gasteiger charge is -2.13.